The minimum atomic E-state index is 0.0368. The van der Waals surface area contributed by atoms with E-state index in [0.717, 1.165) is 17.8 Å². The van der Waals surface area contributed by atoms with Crippen molar-refractivity contribution in [2.75, 3.05) is 13.1 Å². The summed E-state index contributed by atoms with van der Waals surface area (Å²) in [5, 5.41) is 4.12. The van der Waals surface area contributed by atoms with Crippen LogP contribution in [0.5, 0.6) is 0 Å². The molecule has 4 aromatic rings. The zero-order chi connectivity index (χ0) is 19.6. The predicted octanol–water partition coefficient (Wildman–Crippen LogP) is 2.73. The van der Waals surface area contributed by atoms with E-state index in [4.69, 9.17) is 4.52 Å². The van der Waals surface area contributed by atoms with Crippen LogP contribution in [0.15, 0.2) is 59.5 Å². The predicted molar refractivity (Wildman–Crippen MR) is 105 cm³/mol. The highest BCUT2D eigenvalue weighted by molar-refractivity contribution is 5.77. The fraction of sp³-hybridized carbons (Fsp3) is 0.286. The second-order valence-corrected chi connectivity index (χ2v) is 7.19. The van der Waals surface area contributed by atoms with E-state index >= 15 is 0 Å². The molecule has 4 aromatic heterocycles. The highest BCUT2D eigenvalue weighted by atomic mass is 16.5. The number of hydrogen-bond donors (Lipinski definition) is 0. The van der Waals surface area contributed by atoms with Crippen LogP contribution in [0.2, 0.25) is 0 Å². The van der Waals surface area contributed by atoms with Crippen molar-refractivity contribution in [2.45, 2.75) is 25.2 Å². The molecule has 0 unspecified atom stereocenters. The first-order valence-corrected chi connectivity index (χ1v) is 9.72. The van der Waals surface area contributed by atoms with Crippen molar-refractivity contribution in [1.29, 1.82) is 0 Å². The van der Waals surface area contributed by atoms with Crippen molar-refractivity contribution >= 4 is 11.6 Å². The molecule has 1 atom stereocenters. The summed E-state index contributed by atoms with van der Waals surface area (Å²) >= 11 is 0. The third-order valence-electron chi connectivity index (χ3n) is 5.25. The summed E-state index contributed by atoms with van der Waals surface area (Å²) in [7, 11) is 0. The number of carbonyl (C=O) groups is 1. The topological polar surface area (TPSA) is 89.4 Å². The van der Waals surface area contributed by atoms with Gasteiger partial charge in [0.25, 0.3) is 0 Å². The van der Waals surface area contributed by atoms with Crippen LogP contribution < -0.4 is 0 Å². The molecule has 1 aliphatic heterocycles. The maximum atomic E-state index is 12.3. The summed E-state index contributed by atoms with van der Waals surface area (Å²) in [4.78, 5) is 27.7. The van der Waals surface area contributed by atoms with E-state index in [1.54, 1.807) is 6.20 Å². The van der Waals surface area contributed by atoms with Crippen molar-refractivity contribution < 1.29 is 9.32 Å². The standard InChI is InChI=1S/C21H20N6O2/c28-19-8-7-15(13-27(19)12-9-16-5-1-3-10-22-16)21-24-20(25-29-21)17-14-26-11-4-2-6-18(26)23-17/h1-6,10-11,14-15H,7-9,12-13H2/t15-/m0/s1. The number of fused-ring (bicyclic) bond motifs is 1. The minimum absolute atomic E-state index is 0.0368. The SMILES string of the molecule is O=C1CC[C@H](c2nc(-c3cn4ccccc4n3)no2)CN1CCc1ccccn1. The number of carbonyl (C=O) groups excluding carboxylic acids is 1. The van der Waals surface area contributed by atoms with E-state index in [1.807, 2.05) is 58.1 Å². The number of likely N-dealkylation sites (tertiary alicyclic amines) is 1. The molecule has 0 aliphatic carbocycles. The molecule has 5 rings (SSSR count). The minimum Gasteiger partial charge on any atom is -0.342 e. The first-order valence-electron chi connectivity index (χ1n) is 9.72. The van der Waals surface area contributed by atoms with E-state index in [1.165, 1.54) is 0 Å². The van der Waals surface area contributed by atoms with Gasteiger partial charge in [0.1, 0.15) is 11.3 Å². The normalized spacial score (nSPS) is 17.2. The van der Waals surface area contributed by atoms with Crippen LogP contribution in [0, 0.1) is 0 Å². The van der Waals surface area contributed by atoms with Gasteiger partial charge in [0.2, 0.25) is 17.6 Å². The molecule has 1 aliphatic rings. The number of rotatable bonds is 5. The second-order valence-electron chi connectivity index (χ2n) is 7.19. The number of pyridine rings is 2. The monoisotopic (exact) mass is 388 g/mol. The van der Waals surface area contributed by atoms with Gasteiger partial charge in [-0.05, 0) is 30.7 Å². The molecule has 1 fully saturated rings. The molecule has 8 nitrogen and oxygen atoms in total. The van der Waals surface area contributed by atoms with Crippen LogP contribution in [-0.2, 0) is 11.2 Å². The Hall–Kier alpha value is -3.55. The van der Waals surface area contributed by atoms with Crippen molar-refractivity contribution in [3.63, 3.8) is 0 Å². The van der Waals surface area contributed by atoms with Crippen molar-refractivity contribution in [3.05, 3.63) is 66.6 Å². The Bertz CT molecular complexity index is 1100. The zero-order valence-electron chi connectivity index (χ0n) is 15.8. The van der Waals surface area contributed by atoms with Gasteiger partial charge in [0.05, 0.1) is 5.92 Å². The molecule has 1 saturated heterocycles. The van der Waals surface area contributed by atoms with Crippen LogP contribution in [0.1, 0.15) is 30.3 Å². The summed E-state index contributed by atoms with van der Waals surface area (Å²) in [5.74, 6) is 1.24. The molecule has 8 heteroatoms. The van der Waals surface area contributed by atoms with E-state index in [0.29, 0.717) is 43.3 Å². The van der Waals surface area contributed by atoms with Crippen LogP contribution in [-0.4, -0.2) is 48.4 Å². The average molecular weight is 388 g/mol. The van der Waals surface area contributed by atoms with E-state index in [9.17, 15) is 4.79 Å². The van der Waals surface area contributed by atoms with E-state index in [-0.39, 0.29) is 11.8 Å². The molecule has 146 valence electrons. The van der Waals surface area contributed by atoms with Gasteiger partial charge >= 0.3 is 0 Å². The lowest BCUT2D eigenvalue weighted by molar-refractivity contribution is -0.133. The van der Waals surface area contributed by atoms with Gasteiger partial charge in [-0.15, -0.1) is 0 Å². The first-order chi connectivity index (χ1) is 14.3. The third kappa shape index (κ3) is 3.61. The fourth-order valence-electron chi connectivity index (χ4n) is 3.68. The van der Waals surface area contributed by atoms with Gasteiger partial charge in [-0.1, -0.05) is 17.3 Å². The van der Waals surface area contributed by atoms with E-state index in [2.05, 4.69) is 20.1 Å². The molecule has 0 radical (unpaired) electrons. The highest BCUT2D eigenvalue weighted by Crippen LogP contribution is 2.28. The number of amides is 1. The average Bonchev–Trinajstić information content (AvgIpc) is 3.41. The number of hydrogen-bond acceptors (Lipinski definition) is 6. The molecule has 29 heavy (non-hydrogen) atoms. The Morgan fingerprint density at radius 3 is 2.93 bits per heavy atom. The fourth-order valence-corrected chi connectivity index (χ4v) is 3.68. The molecule has 0 spiro atoms. The Labute approximate surface area is 167 Å². The Balaban J connectivity index is 1.30. The van der Waals surface area contributed by atoms with E-state index < -0.39 is 0 Å². The van der Waals surface area contributed by atoms with Crippen LogP contribution in [0.25, 0.3) is 17.2 Å². The molecule has 0 aromatic carbocycles. The number of nitrogens with zero attached hydrogens (tertiary/aromatic N) is 6. The smallest absolute Gasteiger partial charge is 0.231 e. The van der Waals surface area contributed by atoms with Gasteiger partial charge in [0.15, 0.2) is 0 Å². The highest BCUT2D eigenvalue weighted by Gasteiger charge is 2.30. The van der Waals surface area contributed by atoms with Crippen LogP contribution in [0.3, 0.4) is 0 Å². The Kier molecular flexibility index (Phi) is 4.51. The lowest BCUT2D eigenvalue weighted by Crippen LogP contribution is -2.40. The summed E-state index contributed by atoms with van der Waals surface area (Å²) in [6.45, 7) is 1.22. The van der Waals surface area contributed by atoms with Gasteiger partial charge < -0.3 is 13.8 Å². The molecular formula is C21H20N6O2. The van der Waals surface area contributed by atoms with Crippen molar-refractivity contribution in [1.82, 2.24) is 29.4 Å². The lowest BCUT2D eigenvalue weighted by atomic mass is 9.97. The van der Waals surface area contributed by atoms with Crippen molar-refractivity contribution in [3.8, 4) is 11.5 Å². The van der Waals surface area contributed by atoms with Crippen LogP contribution >= 0.6 is 0 Å². The van der Waals surface area contributed by atoms with Gasteiger partial charge in [-0.3, -0.25) is 9.78 Å². The molecule has 5 heterocycles. The molecule has 1 amide bonds. The van der Waals surface area contributed by atoms with Crippen molar-refractivity contribution in [2.24, 2.45) is 0 Å². The summed E-state index contributed by atoms with van der Waals surface area (Å²) in [5.41, 5.74) is 2.48. The Morgan fingerprint density at radius 1 is 1.14 bits per heavy atom. The van der Waals surface area contributed by atoms with Gasteiger partial charge in [0, 0.05) is 50.2 Å². The zero-order valence-corrected chi connectivity index (χ0v) is 15.8. The second kappa shape index (κ2) is 7.46. The summed E-state index contributed by atoms with van der Waals surface area (Å²) in [6, 6.07) is 11.6. The summed E-state index contributed by atoms with van der Waals surface area (Å²) in [6.07, 6.45) is 7.52. The molecular weight excluding hydrogens is 368 g/mol. The van der Waals surface area contributed by atoms with Crippen LogP contribution in [0.4, 0.5) is 0 Å². The van der Waals surface area contributed by atoms with Gasteiger partial charge in [-0.25, -0.2) is 4.98 Å². The molecule has 0 N–H and O–H groups in total. The quantitative estimate of drug-likeness (QED) is 0.522. The molecule has 0 bridgehead atoms. The maximum Gasteiger partial charge on any atom is 0.231 e. The maximum absolute atomic E-state index is 12.3. The lowest BCUT2D eigenvalue weighted by Gasteiger charge is -2.30. The summed E-state index contributed by atoms with van der Waals surface area (Å²) < 4.78 is 7.46. The van der Waals surface area contributed by atoms with Gasteiger partial charge in [-0.2, -0.15) is 4.98 Å². The largest absolute Gasteiger partial charge is 0.342 e. The number of piperidine rings is 1. The third-order valence-corrected chi connectivity index (χ3v) is 5.25. The Morgan fingerprint density at radius 2 is 2.07 bits per heavy atom. The first kappa shape index (κ1) is 17.5. The number of imidazole rings is 1. The number of aromatic nitrogens is 5. The molecule has 0 saturated carbocycles.